The predicted molar refractivity (Wildman–Crippen MR) is 80.0 cm³/mol. The van der Waals surface area contributed by atoms with Gasteiger partial charge in [-0.25, -0.2) is 0 Å². The average molecular weight is 347 g/mol. The fourth-order valence-corrected chi connectivity index (χ4v) is 2.23. The molecule has 3 aromatic rings. The van der Waals surface area contributed by atoms with Gasteiger partial charge in [0.2, 0.25) is 0 Å². The Morgan fingerprint density at radius 1 is 0.889 bits per heavy atom. The van der Waals surface area contributed by atoms with Gasteiger partial charge in [0.15, 0.2) is 0 Å². The van der Waals surface area contributed by atoms with Gasteiger partial charge in [-0.15, -0.1) is 0 Å². The summed E-state index contributed by atoms with van der Waals surface area (Å²) in [4.78, 5) is 4.04. The van der Waals surface area contributed by atoms with Crippen LogP contribution in [0.25, 0.3) is 22.4 Å². The number of aromatic amines is 1. The number of halogens is 1. The average Bonchev–Trinajstić information content (AvgIpc) is 2.90. The number of benzene rings is 1. The molecule has 0 aliphatic carbocycles. The molecular formula is C14H10IN3. The van der Waals surface area contributed by atoms with Gasteiger partial charge in [0.1, 0.15) is 0 Å². The fraction of sp³-hybridized carbons (Fsp3) is 0. The lowest BCUT2D eigenvalue weighted by Crippen LogP contribution is -1.83. The Bertz CT molecular complexity index is 644. The van der Waals surface area contributed by atoms with E-state index in [0.717, 1.165) is 22.4 Å². The van der Waals surface area contributed by atoms with Gasteiger partial charge in [0.25, 0.3) is 0 Å². The number of hydrogen-bond acceptors (Lipinski definition) is 2. The minimum atomic E-state index is 0.970. The summed E-state index contributed by atoms with van der Waals surface area (Å²) in [6.45, 7) is 0. The Hall–Kier alpha value is -1.69. The van der Waals surface area contributed by atoms with Crippen LogP contribution in [0.15, 0.2) is 55.0 Å². The maximum absolute atomic E-state index is 4.34. The van der Waals surface area contributed by atoms with Gasteiger partial charge >= 0.3 is 0 Å². The van der Waals surface area contributed by atoms with Crippen LogP contribution >= 0.6 is 22.6 Å². The van der Waals surface area contributed by atoms with Crippen LogP contribution in [0.1, 0.15) is 0 Å². The van der Waals surface area contributed by atoms with Crippen molar-refractivity contribution < 1.29 is 0 Å². The Labute approximate surface area is 118 Å². The zero-order valence-corrected chi connectivity index (χ0v) is 11.6. The van der Waals surface area contributed by atoms with E-state index in [0.29, 0.717) is 0 Å². The first kappa shape index (κ1) is 11.4. The summed E-state index contributed by atoms with van der Waals surface area (Å²) in [6.07, 6.45) is 5.50. The van der Waals surface area contributed by atoms with Crippen molar-refractivity contribution in [3.63, 3.8) is 0 Å². The zero-order valence-electron chi connectivity index (χ0n) is 9.47. The van der Waals surface area contributed by atoms with Gasteiger partial charge in [-0.2, -0.15) is 5.10 Å². The first-order valence-corrected chi connectivity index (χ1v) is 6.62. The molecule has 0 fully saturated rings. The minimum absolute atomic E-state index is 0.970. The largest absolute Gasteiger partial charge is 0.284 e. The predicted octanol–water partition coefficient (Wildman–Crippen LogP) is 3.74. The summed E-state index contributed by atoms with van der Waals surface area (Å²) in [7, 11) is 0. The van der Waals surface area contributed by atoms with Crippen LogP contribution in [0.5, 0.6) is 0 Å². The molecule has 0 radical (unpaired) electrons. The third kappa shape index (κ3) is 2.15. The van der Waals surface area contributed by atoms with Crippen LogP contribution in [0.2, 0.25) is 0 Å². The summed E-state index contributed by atoms with van der Waals surface area (Å²) in [5, 5.41) is 7.28. The number of H-pyrrole nitrogens is 1. The standard InChI is InChI=1S/C14H10IN3/c15-12-3-1-11(2-4-12)14-13(9-17-18-14)10-5-7-16-8-6-10/h1-9H,(H,17,18). The quantitative estimate of drug-likeness (QED) is 0.718. The smallest absolute Gasteiger partial charge is 0.0999 e. The van der Waals surface area contributed by atoms with Crippen LogP contribution in [-0.2, 0) is 0 Å². The second-order valence-electron chi connectivity index (χ2n) is 3.89. The highest BCUT2D eigenvalue weighted by molar-refractivity contribution is 14.1. The molecule has 0 bridgehead atoms. The van der Waals surface area contributed by atoms with Crippen molar-refractivity contribution in [1.82, 2.24) is 15.2 Å². The Kier molecular flexibility index (Phi) is 3.10. The van der Waals surface area contributed by atoms with Crippen molar-refractivity contribution in [3.05, 3.63) is 58.6 Å². The molecule has 1 N–H and O–H groups in total. The van der Waals surface area contributed by atoms with Crippen LogP contribution in [0.3, 0.4) is 0 Å². The summed E-state index contributed by atoms with van der Waals surface area (Å²) >= 11 is 2.30. The van der Waals surface area contributed by atoms with Gasteiger partial charge in [-0.3, -0.25) is 10.1 Å². The molecule has 0 aliphatic heterocycles. The fourth-order valence-electron chi connectivity index (χ4n) is 1.87. The monoisotopic (exact) mass is 347 g/mol. The molecule has 3 rings (SSSR count). The molecule has 0 amide bonds. The van der Waals surface area contributed by atoms with Crippen molar-refractivity contribution in [2.24, 2.45) is 0 Å². The molecule has 0 aliphatic rings. The maximum atomic E-state index is 4.34. The highest BCUT2D eigenvalue weighted by Crippen LogP contribution is 2.29. The molecule has 0 saturated carbocycles. The van der Waals surface area contributed by atoms with E-state index >= 15 is 0 Å². The molecule has 0 spiro atoms. The molecule has 2 aromatic heterocycles. The van der Waals surface area contributed by atoms with E-state index in [4.69, 9.17) is 0 Å². The Morgan fingerprint density at radius 2 is 1.61 bits per heavy atom. The molecule has 2 heterocycles. The maximum Gasteiger partial charge on any atom is 0.0999 e. The molecule has 0 saturated heterocycles. The molecule has 18 heavy (non-hydrogen) atoms. The number of hydrogen-bond donors (Lipinski definition) is 1. The van der Waals surface area contributed by atoms with E-state index in [-0.39, 0.29) is 0 Å². The van der Waals surface area contributed by atoms with Crippen molar-refractivity contribution in [1.29, 1.82) is 0 Å². The van der Waals surface area contributed by atoms with Gasteiger partial charge in [-0.1, -0.05) is 12.1 Å². The molecule has 3 nitrogen and oxygen atoms in total. The lowest BCUT2D eigenvalue weighted by molar-refractivity contribution is 1.10. The van der Waals surface area contributed by atoms with Gasteiger partial charge < -0.3 is 0 Å². The normalized spacial score (nSPS) is 10.5. The van der Waals surface area contributed by atoms with Crippen LogP contribution < -0.4 is 0 Å². The van der Waals surface area contributed by atoms with Crippen molar-refractivity contribution in [3.8, 4) is 22.4 Å². The summed E-state index contributed by atoms with van der Waals surface area (Å²) in [5.41, 5.74) is 4.30. The number of nitrogens with zero attached hydrogens (tertiary/aromatic N) is 2. The minimum Gasteiger partial charge on any atom is -0.284 e. The summed E-state index contributed by atoms with van der Waals surface area (Å²) in [6, 6.07) is 12.3. The van der Waals surface area contributed by atoms with Crippen LogP contribution in [0, 0.1) is 3.57 Å². The van der Waals surface area contributed by atoms with E-state index in [2.05, 4.69) is 62.0 Å². The third-order valence-corrected chi connectivity index (χ3v) is 3.47. The van der Waals surface area contributed by atoms with Crippen molar-refractivity contribution in [2.45, 2.75) is 0 Å². The highest BCUT2D eigenvalue weighted by Gasteiger charge is 2.09. The number of rotatable bonds is 2. The Morgan fingerprint density at radius 3 is 2.33 bits per heavy atom. The van der Waals surface area contributed by atoms with Gasteiger partial charge in [-0.05, 0) is 52.4 Å². The molecule has 0 unspecified atom stereocenters. The second-order valence-corrected chi connectivity index (χ2v) is 5.14. The first-order valence-electron chi connectivity index (χ1n) is 5.55. The van der Waals surface area contributed by atoms with Crippen molar-refractivity contribution in [2.75, 3.05) is 0 Å². The van der Waals surface area contributed by atoms with E-state index in [1.165, 1.54) is 3.57 Å². The number of aromatic nitrogens is 3. The Balaban J connectivity index is 2.10. The SMILES string of the molecule is Ic1ccc(-c2n[nH]cc2-c2ccncc2)cc1. The van der Waals surface area contributed by atoms with Crippen LogP contribution in [0.4, 0.5) is 0 Å². The number of pyridine rings is 1. The lowest BCUT2D eigenvalue weighted by Gasteiger charge is -2.02. The van der Waals surface area contributed by atoms with E-state index in [1.54, 1.807) is 12.4 Å². The summed E-state index contributed by atoms with van der Waals surface area (Å²) < 4.78 is 1.22. The van der Waals surface area contributed by atoms with Gasteiger partial charge in [0, 0.05) is 33.3 Å². The zero-order chi connectivity index (χ0) is 12.4. The molecule has 4 heteroatoms. The lowest BCUT2D eigenvalue weighted by atomic mass is 10.0. The molecular weight excluding hydrogens is 337 g/mol. The van der Waals surface area contributed by atoms with Gasteiger partial charge in [0.05, 0.1) is 5.69 Å². The van der Waals surface area contributed by atoms with E-state index in [1.807, 2.05) is 18.3 Å². The van der Waals surface area contributed by atoms with Crippen LogP contribution in [-0.4, -0.2) is 15.2 Å². The molecule has 0 atom stereocenters. The third-order valence-electron chi connectivity index (χ3n) is 2.75. The highest BCUT2D eigenvalue weighted by atomic mass is 127. The van der Waals surface area contributed by atoms with E-state index in [9.17, 15) is 0 Å². The van der Waals surface area contributed by atoms with E-state index < -0.39 is 0 Å². The number of nitrogens with one attached hydrogen (secondary N) is 1. The second kappa shape index (κ2) is 4.89. The topological polar surface area (TPSA) is 41.6 Å². The first-order chi connectivity index (χ1) is 8.84. The van der Waals surface area contributed by atoms with Crippen molar-refractivity contribution >= 4 is 22.6 Å². The molecule has 88 valence electrons. The summed E-state index contributed by atoms with van der Waals surface area (Å²) in [5.74, 6) is 0. The molecule has 1 aromatic carbocycles.